The number of halogens is 3. The molecule has 0 spiro atoms. The second-order valence-electron chi connectivity index (χ2n) is 3.98. The average Bonchev–Trinajstić information content (AvgIpc) is 2.79. The van der Waals surface area contributed by atoms with Gasteiger partial charge >= 0.3 is 6.18 Å². The van der Waals surface area contributed by atoms with E-state index in [1.807, 2.05) is 0 Å². The van der Waals surface area contributed by atoms with Gasteiger partial charge in [0.05, 0.1) is 17.4 Å². The molecule has 1 aromatic carbocycles. The molecule has 19 heavy (non-hydrogen) atoms. The van der Waals surface area contributed by atoms with Crippen molar-refractivity contribution in [1.29, 1.82) is 0 Å². The lowest BCUT2D eigenvalue weighted by Gasteiger charge is -2.03. The van der Waals surface area contributed by atoms with E-state index in [9.17, 15) is 13.2 Å². The van der Waals surface area contributed by atoms with E-state index in [2.05, 4.69) is 9.97 Å². The van der Waals surface area contributed by atoms with Gasteiger partial charge in [-0.2, -0.15) is 13.2 Å². The molecule has 3 aromatic rings. The molecule has 0 N–H and O–H groups in total. The number of benzene rings is 1. The third-order valence-electron chi connectivity index (χ3n) is 2.75. The van der Waals surface area contributed by atoms with Crippen molar-refractivity contribution in [3.05, 3.63) is 54.7 Å². The van der Waals surface area contributed by atoms with Crippen molar-refractivity contribution in [2.75, 3.05) is 0 Å². The summed E-state index contributed by atoms with van der Waals surface area (Å²) in [4.78, 5) is 7.60. The fraction of sp³-hybridized carbons (Fsp3) is 0.0769. The lowest BCUT2D eigenvalue weighted by Crippen LogP contribution is -2.10. The number of aromatic nitrogens is 3. The largest absolute Gasteiger partial charge is 0.450 e. The van der Waals surface area contributed by atoms with Crippen LogP contribution in [0.5, 0.6) is 0 Å². The van der Waals surface area contributed by atoms with E-state index in [1.54, 1.807) is 30.3 Å². The van der Waals surface area contributed by atoms with Crippen molar-refractivity contribution in [3.8, 4) is 11.3 Å². The molecule has 0 fully saturated rings. The van der Waals surface area contributed by atoms with E-state index >= 15 is 0 Å². The standard InChI is InChI=1S/C13H8F3N3/c14-13(15,16)12-18-11(9-4-2-1-3-5-9)10-8-17-6-7-19(10)12/h1-8H. The Morgan fingerprint density at radius 2 is 1.79 bits per heavy atom. The van der Waals surface area contributed by atoms with Crippen LogP contribution in [0.1, 0.15) is 5.82 Å². The molecule has 0 unspecified atom stereocenters. The zero-order valence-corrected chi connectivity index (χ0v) is 9.59. The molecule has 0 bridgehead atoms. The second-order valence-corrected chi connectivity index (χ2v) is 3.98. The van der Waals surface area contributed by atoms with Gasteiger partial charge in [-0.3, -0.25) is 9.38 Å². The maximum absolute atomic E-state index is 12.9. The monoisotopic (exact) mass is 263 g/mol. The summed E-state index contributed by atoms with van der Waals surface area (Å²) in [6.07, 6.45) is -0.557. The molecule has 0 aliphatic rings. The maximum Gasteiger partial charge on any atom is 0.450 e. The number of rotatable bonds is 1. The van der Waals surface area contributed by atoms with E-state index in [0.717, 1.165) is 4.40 Å². The Morgan fingerprint density at radius 3 is 2.47 bits per heavy atom. The Hall–Kier alpha value is -2.37. The summed E-state index contributed by atoms with van der Waals surface area (Å²) in [6, 6.07) is 8.74. The van der Waals surface area contributed by atoms with E-state index < -0.39 is 12.0 Å². The zero-order valence-electron chi connectivity index (χ0n) is 9.59. The molecule has 2 aromatic heterocycles. The van der Waals surface area contributed by atoms with Gasteiger partial charge in [-0.25, -0.2) is 4.98 Å². The molecule has 2 heterocycles. The van der Waals surface area contributed by atoms with Gasteiger partial charge in [-0.05, 0) is 0 Å². The second kappa shape index (κ2) is 4.08. The smallest absolute Gasteiger partial charge is 0.292 e. The van der Waals surface area contributed by atoms with Crippen molar-refractivity contribution >= 4 is 5.52 Å². The number of nitrogens with zero attached hydrogens (tertiary/aromatic N) is 3. The highest BCUT2D eigenvalue weighted by molar-refractivity contribution is 5.77. The summed E-state index contributed by atoms with van der Waals surface area (Å²) in [7, 11) is 0. The zero-order chi connectivity index (χ0) is 13.5. The minimum Gasteiger partial charge on any atom is -0.292 e. The first-order valence-electron chi connectivity index (χ1n) is 5.52. The van der Waals surface area contributed by atoms with Crippen LogP contribution in [0.2, 0.25) is 0 Å². The van der Waals surface area contributed by atoms with Gasteiger partial charge < -0.3 is 0 Å². The third kappa shape index (κ3) is 1.95. The van der Waals surface area contributed by atoms with Crippen molar-refractivity contribution in [2.24, 2.45) is 0 Å². The van der Waals surface area contributed by atoms with Crippen LogP contribution in [0.4, 0.5) is 13.2 Å². The van der Waals surface area contributed by atoms with Crippen molar-refractivity contribution in [1.82, 2.24) is 14.4 Å². The van der Waals surface area contributed by atoms with Gasteiger partial charge in [0.15, 0.2) is 0 Å². The van der Waals surface area contributed by atoms with E-state index in [0.29, 0.717) is 11.1 Å². The number of alkyl halides is 3. The van der Waals surface area contributed by atoms with Gasteiger partial charge in [0.25, 0.3) is 0 Å². The summed E-state index contributed by atoms with van der Waals surface area (Å²) < 4.78 is 39.8. The number of imidazole rings is 1. The minimum atomic E-state index is -4.50. The molecule has 3 rings (SSSR count). The van der Waals surface area contributed by atoms with Crippen LogP contribution in [-0.4, -0.2) is 14.4 Å². The number of hydrogen-bond acceptors (Lipinski definition) is 2. The summed E-state index contributed by atoms with van der Waals surface area (Å²) in [5.41, 5.74) is 1.24. The molecule has 0 aliphatic heterocycles. The molecule has 6 heteroatoms. The van der Waals surface area contributed by atoms with E-state index in [-0.39, 0.29) is 5.69 Å². The lowest BCUT2D eigenvalue weighted by atomic mass is 10.1. The summed E-state index contributed by atoms with van der Waals surface area (Å²) in [5, 5.41) is 0. The topological polar surface area (TPSA) is 30.2 Å². The third-order valence-corrected chi connectivity index (χ3v) is 2.75. The Balaban J connectivity index is 2.33. The Kier molecular flexibility index (Phi) is 2.51. The highest BCUT2D eigenvalue weighted by Crippen LogP contribution is 2.33. The minimum absolute atomic E-state index is 0.279. The Bertz CT molecular complexity index is 717. The van der Waals surface area contributed by atoms with E-state index in [1.165, 1.54) is 18.6 Å². The van der Waals surface area contributed by atoms with E-state index in [4.69, 9.17) is 0 Å². The van der Waals surface area contributed by atoms with Crippen molar-refractivity contribution < 1.29 is 13.2 Å². The van der Waals surface area contributed by atoms with Crippen LogP contribution >= 0.6 is 0 Å². The molecule has 0 radical (unpaired) electrons. The normalized spacial score (nSPS) is 11.9. The first kappa shape index (κ1) is 11.7. The summed E-state index contributed by atoms with van der Waals surface area (Å²) >= 11 is 0. The number of fused-ring (bicyclic) bond motifs is 1. The molecule has 0 saturated heterocycles. The molecule has 3 nitrogen and oxygen atoms in total. The Morgan fingerprint density at radius 1 is 1.05 bits per heavy atom. The van der Waals surface area contributed by atoms with Crippen LogP contribution < -0.4 is 0 Å². The molecule has 0 atom stereocenters. The highest BCUT2D eigenvalue weighted by atomic mass is 19.4. The lowest BCUT2D eigenvalue weighted by molar-refractivity contribution is -0.145. The summed E-state index contributed by atoms with van der Waals surface area (Å²) in [5.74, 6) is -0.941. The quantitative estimate of drug-likeness (QED) is 0.673. The van der Waals surface area contributed by atoms with Crippen molar-refractivity contribution in [3.63, 3.8) is 0 Å². The predicted molar refractivity (Wildman–Crippen MR) is 63.4 cm³/mol. The first-order chi connectivity index (χ1) is 9.07. The predicted octanol–water partition coefficient (Wildman–Crippen LogP) is 3.42. The number of hydrogen-bond donors (Lipinski definition) is 0. The fourth-order valence-electron chi connectivity index (χ4n) is 1.95. The first-order valence-corrected chi connectivity index (χ1v) is 5.52. The Labute approximate surface area is 106 Å². The highest BCUT2D eigenvalue weighted by Gasteiger charge is 2.37. The molecule has 0 aliphatic carbocycles. The van der Waals surface area contributed by atoms with Crippen LogP contribution in [0.15, 0.2) is 48.9 Å². The van der Waals surface area contributed by atoms with Gasteiger partial charge in [0.1, 0.15) is 0 Å². The summed E-state index contributed by atoms with van der Waals surface area (Å²) in [6.45, 7) is 0. The van der Waals surface area contributed by atoms with Gasteiger partial charge in [0.2, 0.25) is 5.82 Å². The SMILES string of the molecule is FC(F)(F)c1nc(-c2ccccc2)c2cnccn12. The molecule has 0 amide bonds. The van der Waals surface area contributed by atoms with Crippen LogP contribution in [0, 0.1) is 0 Å². The van der Waals surface area contributed by atoms with Crippen LogP contribution in [0.25, 0.3) is 16.8 Å². The van der Waals surface area contributed by atoms with Gasteiger partial charge in [-0.1, -0.05) is 30.3 Å². The van der Waals surface area contributed by atoms with Gasteiger partial charge in [0, 0.05) is 18.0 Å². The molecular weight excluding hydrogens is 255 g/mol. The fourth-order valence-corrected chi connectivity index (χ4v) is 1.95. The van der Waals surface area contributed by atoms with Gasteiger partial charge in [-0.15, -0.1) is 0 Å². The van der Waals surface area contributed by atoms with Crippen LogP contribution in [0.3, 0.4) is 0 Å². The molecule has 0 saturated carbocycles. The maximum atomic E-state index is 12.9. The van der Waals surface area contributed by atoms with Crippen LogP contribution in [-0.2, 0) is 6.18 Å². The molecule has 96 valence electrons. The average molecular weight is 263 g/mol. The molecular formula is C13H8F3N3. The van der Waals surface area contributed by atoms with Crippen molar-refractivity contribution in [2.45, 2.75) is 6.18 Å².